The van der Waals surface area contributed by atoms with Gasteiger partial charge < -0.3 is 11.1 Å². The molecular weight excluding hydrogens is 284 g/mol. The highest BCUT2D eigenvalue weighted by Crippen LogP contribution is 2.11. The lowest BCUT2D eigenvalue weighted by atomic mass is 10.2. The van der Waals surface area contributed by atoms with E-state index in [1.807, 2.05) is 30.5 Å². The fourth-order valence-electron chi connectivity index (χ4n) is 1.94. The molecule has 0 bridgehead atoms. The second-order valence-electron chi connectivity index (χ2n) is 4.77. The Bertz CT molecular complexity index is 594. The summed E-state index contributed by atoms with van der Waals surface area (Å²) < 4.78 is 1.67. The van der Waals surface area contributed by atoms with Crippen LogP contribution in [0.15, 0.2) is 36.5 Å². The number of nitrogen functional groups attached to an aromatic ring is 1. The summed E-state index contributed by atoms with van der Waals surface area (Å²) in [4.78, 5) is 12.2. The number of amides is 1. The maximum Gasteiger partial charge on any atom is 0.272 e. The molecule has 2 aromatic rings. The largest absolute Gasteiger partial charge is 0.399 e. The first kappa shape index (κ1) is 15.4. The number of nitrogens with two attached hydrogens (primary N) is 1. The molecule has 3 N–H and O–H groups in total. The van der Waals surface area contributed by atoms with Gasteiger partial charge in [0.2, 0.25) is 0 Å². The Balaban J connectivity index is 2.08. The predicted octanol–water partition coefficient (Wildman–Crippen LogP) is 2.33. The third kappa shape index (κ3) is 4.01. The summed E-state index contributed by atoms with van der Waals surface area (Å²) in [5, 5.41) is 7.32. The third-order valence-corrected chi connectivity index (χ3v) is 3.91. The Kier molecular flexibility index (Phi) is 5.27. The van der Waals surface area contributed by atoms with Gasteiger partial charge in [-0.05, 0) is 43.0 Å². The minimum Gasteiger partial charge on any atom is -0.399 e. The molecule has 1 aromatic carbocycles. The fraction of sp³-hybridized carbons (Fsp3) is 0.333. The number of nitrogens with one attached hydrogen (secondary N) is 1. The number of hydrogen-bond acceptors (Lipinski definition) is 4. The molecule has 0 aliphatic rings. The van der Waals surface area contributed by atoms with Gasteiger partial charge in [-0.1, -0.05) is 6.92 Å². The lowest BCUT2D eigenvalue weighted by Gasteiger charge is -2.14. The van der Waals surface area contributed by atoms with Crippen molar-refractivity contribution >= 4 is 23.4 Å². The predicted molar refractivity (Wildman–Crippen MR) is 87.9 cm³/mol. The summed E-state index contributed by atoms with van der Waals surface area (Å²) in [6.07, 6.45) is 4.71. The smallest absolute Gasteiger partial charge is 0.272 e. The molecule has 0 radical (unpaired) electrons. The Hall–Kier alpha value is -1.95. The van der Waals surface area contributed by atoms with Crippen LogP contribution in [0.5, 0.6) is 0 Å². The van der Waals surface area contributed by atoms with Crippen LogP contribution in [-0.4, -0.2) is 33.7 Å². The zero-order valence-electron chi connectivity index (χ0n) is 12.2. The number of thioether (sulfide) groups is 1. The average molecular weight is 304 g/mol. The van der Waals surface area contributed by atoms with E-state index < -0.39 is 0 Å². The standard InChI is InChI=1S/C15H20N4OS/c1-3-12(10-21-2)17-15(20)14-8-9-19(18-14)13-6-4-11(16)5-7-13/h4-9,12H,3,10,16H2,1-2H3,(H,17,20). The van der Waals surface area contributed by atoms with Crippen LogP contribution in [0.1, 0.15) is 23.8 Å². The highest BCUT2D eigenvalue weighted by Gasteiger charge is 2.14. The number of aromatic nitrogens is 2. The Morgan fingerprint density at radius 2 is 2.10 bits per heavy atom. The van der Waals surface area contributed by atoms with Crippen molar-refractivity contribution in [2.45, 2.75) is 19.4 Å². The summed E-state index contributed by atoms with van der Waals surface area (Å²) in [5.74, 6) is 0.770. The number of nitrogens with zero attached hydrogens (tertiary/aromatic N) is 2. The van der Waals surface area contributed by atoms with E-state index in [-0.39, 0.29) is 11.9 Å². The molecule has 0 aliphatic carbocycles. The molecule has 0 spiro atoms. The zero-order chi connectivity index (χ0) is 15.2. The van der Waals surface area contributed by atoms with Crippen LogP contribution in [0, 0.1) is 0 Å². The normalized spacial score (nSPS) is 12.1. The van der Waals surface area contributed by atoms with E-state index in [2.05, 4.69) is 17.3 Å². The summed E-state index contributed by atoms with van der Waals surface area (Å²) in [7, 11) is 0. The highest BCUT2D eigenvalue weighted by molar-refractivity contribution is 7.98. The third-order valence-electron chi connectivity index (χ3n) is 3.18. The molecule has 1 aromatic heterocycles. The van der Waals surface area contributed by atoms with Gasteiger partial charge in [0.1, 0.15) is 0 Å². The van der Waals surface area contributed by atoms with Crippen LogP contribution in [0.25, 0.3) is 5.69 Å². The van der Waals surface area contributed by atoms with Gasteiger partial charge in [-0.3, -0.25) is 4.79 Å². The summed E-state index contributed by atoms with van der Waals surface area (Å²) in [5.41, 5.74) is 7.66. The number of carbonyl (C=O) groups excluding carboxylic acids is 1. The first-order chi connectivity index (χ1) is 10.1. The molecule has 5 nitrogen and oxygen atoms in total. The number of benzene rings is 1. The van der Waals surface area contributed by atoms with E-state index in [0.29, 0.717) is 11.4 Å². The topological polar surface area (TPSA) is 72.9 Å². The van der Waals surface area contributed by atoms with Crippen LogP contribution in [0.2, 0.25) is 0 Å². The molecule has 0 aliphatic heterocycles. The van der Waals surface area contributed by atoms with Crippen molar-refractivity contribution in [2.75, 3.05) is 17.7 Å². The Morgan fingerprint density at radius 3 is 2.71 bits per heavy atom. The monoisotopic (exact) mass is 304 g/mol. The summed E-state index contributed by atoms with van der Waals surface area (Å²) in [6, 6.07) is 9.25. The number of hydrogen-bond donors (Lipinski definition) is 2. The fourth-order valence-corrected chi connectivity index (χ4v) is 2.66. The SMILES string of the molecule is CCC(CSC)NC(=O)c1ccn(-c2ccc(N)cc2)n1. The molecule has 0 saturated carbocycles. The van der Waals surface area contributed by atoms with Crippen molar-refractivity contribution in [3.05, 3.63) is 42.2 Å². The molecule has 6 heteroatoms. The Morgan fingerprint density at radius 1 is 1.38 bits per heavy atom. The van der Waals surface area contributed by atoms with E-state index in [9.17, 15) is 4.79 Å². The van der Waals surface area contributed by atoms with Gasteiger partial charge in [-0.15, -0.1) is 0 Å². The van der Waals surface area contributed by atoms with Crippen LogP contribution >= 0.6 is 11.8 Å². The van der Waals surface area contributed by atoms with Crippen LogP contribution < -0.4 is 11.1 Å². The van der Waals surface area contributed by atoms with Gasteiger partial charge in [0.05, 0.1) is 5.69 Å². The number of anilines is 1. The van der Waals surface area contributed by atoms with E-state index in [4.69, 9.17) is 5.73 Å². The van der Waals surface area contributed by atoms with E-state index >= 15 is 0 Å². The van der Waals surface area contributed by atoms with Crippen molar-refractivity contribution < 1.29 is 4.79 Å². The summed E-state index contributed by atoms with van der Waals surface area (Å²) in [6.45, 7) is 2.06. The molecule has 112 valence electrons. The molecule has 1 amide bonds. The lowest BCUT2D eigenvalue weighted by molar-refractivity contribution is 0.0934. The van der Waals surface area contributed by atoms with Crippen molar-refractivity contribution in [1.82, 2.24) is 15.1 Å². The minimum atomic E-state index is -0.134. The number of rotatable bonds is 6. The van der Waals surface area contributed by atoms with Crippen LogP contribution in [-0.2, 0) is 0 Å². The van der Waals surface area contributed by atoms with Crippen molar-refractivity contribution in [2.24, 2.45) is 0 Å². The molecule has 2 rings (SSSR count). The van der Waals surface area contributed by atoms with Crippen LogP contribution in [0.3, 0.4) is 0 Å². The first-order valence-electron chi connectivity index (χ1n) is 6.85. The molecule has 1 atom stereocenters. The van der Waals surface area contributed by atoms with Gasteiger partial charge in [0, 0.05) is 23.7 Å². The van der Waals surface area contributed by atoms with E-state index in [1.165, 1.54) is 0 Å². The molecule has 1 heterocycles. The average Bonchev–Trinajstić information content (AvgIpc) is 2.97. The lowest BCUT2D eigenvalue weighted by Crippen LogP contribution is -2.36. The Labute approximate surface area is 128 Å². The van der Waals surface area contributed by atoms with Crippen molar-refractivity contribution in [3.63, 3.8) is 0 Å². The molecule has 0 saturated heterocycles. The maximum absolute atomic E-state index is 12.2. The highest BCUT2D eigenvalue weighted by atomic mass is 32.2. The van der Waals surface area contributed by atoms with Gasteiger partial charge >= 0.3 is 0 Å². The van der Waals surface area contributed by atoms with E-state index in [0.717, 1.165) is 17.9 Å². The molecular formula is C15H20N4OS. The first-order valence-corrected chi connectivity index (χ1v) is 8.24. The number of carbonyl (C=O) groups is 1. The maximum atomic E-state index is 12.2. The van der Waals surface area contributed by atoms with Gasteiger partial charge in [-0.25, -0.2) is 4.68 Å². The van der Waals surface area contributed by atoms with Gasteiger partial charge in [-0.2, -0.15) is 16.9 Å². The molecule has 0 fully saturated rings. The second-order valence-corrected chi connectivity index (χ2v) is 5.68. The molecule has 1 unspecified atom stereocenters. The zero-order valence-corrected chi connectivity index (χ0v) is 13.1. The minimum absolute atomic E-state index is 0.134. The second kappa shape index (κ2) is 7.17. The van der Waals surface area contributed by atoms with Gasteiger partial charge in [0.25, 0.3) is 5.91 Å². The van der Waals surface area contributed by atoms with Crippen molar-refractivity contribution in [3.8, 4) is 5.69 Å². The van der Waals surface area contributed by atoms with Crippen molar-refractivity contribution in [1.29, 1.82) is 0 Å². The van der Waals surface area contributed by atoms with Gasteiger partial charge in [0.15, 0.2) is 5.69 Å². The quantitative estimate of drug-likeness (QED) is 0.803. The summed E-state index contributed by atoms with van der Waals surface area (Å²) >= 11 is 1.72. The van der Waals surface area contributed by atoms with Crippen LogP contribution in [0.4, 0.5) is 5.69 Å². The molecule has 21 heavy (non-hydrogen) atoms. The van der Waals surface area contributed by atoms with E-state index in [1.54, 1.807) is 28.7 Å².